The molecule has 6 atom stereocenters. The monoisotopic (exact) mass is 799 g/mol. The number of nitrogens with two attached hydrogens (primary N) is 1. The molecule has 4 rings (SSSR count). The second kappa shape index (κ2) is 23.5. The number of aromatic nitrogens is 4. The van der Waals surface area contributed by atoms with E-state index in [1.807, 2.05) is 6.07 Å². The van der Waals surface area contributed by atoms with E-state index >= 15 is 0 Å². The van der Waals surface area contributed by atoms with Crippen molar-refractivity contribution in [3.8, 4) is 11.8 Å². The maximum Gasteiger partial charge on any atom is 0.472 e. The molecule has 0 radical (unpaired) electrons. The first-order chi connectivity index (χ1) is 27.1. The molecule has 1 fully saturated rings. The van der Waals surface area contributed by atoms with E-state index in [9.17, 15) is 24.9 Å². The number of nitrogen functional groups attached to an aromatic ring is 1. The van der Waals surface area contributed by atoms with Gasteiger partial charge in [-0.15, -0.1) is 6.57 Å². The molecule has 0 saturated carbocycles. The fourth-order valence-electron chi connectivity index (χ4n) is 6.72. The molecule has 1 unspecified atom stereocenters. The summed E-state index contributed by atoms with van der Waals surface area (Å²) in [5, 5.41) is 36.1. The minimum absolute atomic E-state index is 0.00840. The highest BCUT2D eigenvalue weighted by Gasteiger charge is 2.58. The van der Waals surface area contributed by atoms with E-state index < -0.39 is 51.1 Å². The topological polar surface area (TPSA) is 221 Å². The molecule has 0 spiro atoms. The van der Waals surface area contributed by atoms with Gasteiger partial charge in [-0.2, -0.15) is 20.3 Å². The molecule has 308 valence electrons. The standard InChI is InChI=1S/C39H58N7O9P/c1-3-4-5-6-7-8-9-10-11-12-13-14-15-16-17-18-23-51-26-31(54-30-24-43-38(42-2)44-25-30)27-52-56(49,50)53-28-34-36(47)37(48)39(29-40,55-34)35-20-19-33-32(41)21-22-45-46(33)35/h19-22,24-25,31,34,36-37,47-48H,3-18,23,26-28,41H2,1H3,(H,49,50)/t31-,34-,36-,37-,39+/m1/s1. The molecule has 0 bridgehead atoms. The SMILES string of the molecule is [C-]#[N+]c1ncc(O[C@H](COCCCCCCCCCCCCCCCCCC)COP(=O)(O)OC[C@H]2O[C@@](C#N)(c3ccc4c(N)ccnn34)[C@H](O)[C@@H]2O)cn1. The highest BCUT2D eigenvalue weighted by molar-refractivity contribution is 7.47. The summed E-state index contributed by atoms with van der Waals surface area (Å²) >= 11 is 0. The first-order valence-electron chi connectivity index (χ1n) is 19.9. The molecule has 1 aliphatic heterocycles. The third kappa shape index (κ3) is 13.5. The Bertz CT molecular complexity index is 1730. The van der Waals surface area contributed by atoms with Gasteiger partial charge in [-0.3, -0.25) is 9.05 Å². The number of phosphoric acid groups is 1. The largest absolute Gasteiger partial charge is 0.479 e. The number of hydrogen-bond donors (Lipinski definition) is 4. The molecule has 0 aliphatic carbocycles. The second-order valence-corrected chi connectivity index (χ2v) is 15.7. The van der Waals surface area contributed by atoms with Crippen LogP contribution in [-0.4, -0.2) is 85.5 Å². The quantitative estimate of drug-likeness (QED) is 0.0332. The lowest BCUT2D eigenvalue weighted by molar-refractivity contribution is -0.0651. The van der Waals surface area contributed by atoms with Crippen molar-refractivity contribution < 1.29 is 42.9 Å². The number of hydrogen-bond acceptors (Lipinski definition) is 13. The number of fused-ring (bicyclic) bond motifs is 1. The molecule has 5 N–H and O–H groups in total. The molecule has 16 nitrogen and oxygen atoms in total. The lowest BCUT2D eigenvalue weighted by Gasteiger charge is -2.24. The first-order valence-corrected chi connectivity index (χ1v) is 21.4. The van der Waals surface area contributed by atoms with E-state index in [1.165, 1.54) is 113 Å². The van der Waals surface area contributed by atoms with Crippen LogP contribution in [0.15, 0.2) is 36.8 Å². The van der Waals surface area contributed by atoms with Crippen LogP contribution in [0.5, 0.6) is 5.75 Å². The van der Waals surface area contributed by atoms with Gasteiger partial charge < -0.3 is 39.9 Å². The van der Waals surface area contributed by atoms with Gasteiger partial charge in [0, 0.05) is 12.8 Å². The molecule has 3 aromatic rings. The van der Waals surface area contributed by atoms with Crippen LogP contribution in [-0.2, 0) is 28.7 Å². The minimum Gasteiger partial charge on any atom is -0.479 e. The smallest absolute Gasteiger partial charge is 0.472 e. The zero-order valence-corrected chi connectivity index (χ0v) is 33.3. The Morgan fingerprint density at radius 1 is 0.964 bits per heavy atom. The zero-order valence-electron chi connectivity index (χ0n) is 32.4. The number of aliphatic hydroxyl groups excluding tert-OH is 2. The van der Waals surface area contributed by atoms with E-state index in [0.29, 0.717) is 17.8 Å². The van der Waals surface area contributed by atoms with E-state index in [-0.39, 0.29) is 24.0 Å². The van der Waals surface area contributed by atoms with Gasteiger partial charge in [0.05, 0.1) is 36.7 Å². The summed E-state index contributed by atoms with van der Waals surface area (Å²) in [5.74, 6) is 0.134. The minimum atomic E-state index is -4.79. The number of aliphatic hydroxyl groups is 2. The van der Waals surface area contributed by atoms with Gasteiger partial charge in [0.2, 0.25) is 5.60 Å². The Labute approximate surface area is 329 Å². The van der Waals surface area contributed by atoms with Gasteiger partial charge in [-0.1, -0.05) is 103 Å². The zero-order chi connectivity index (χ0) is 40.2. The predicted molar refractivity (Wildman–Crippen MR) is 209 cm³/mol. The third-order valence-corrected chi connectivity index (χ3v) is 10.8. The number of anilines is 1. The van der Waals surface area contributed by atoms with Crippen LogP contribution in [0.4, 0.5) is 11.6 Å². The predicted octanol–water partition coefficient (Wildman–Crippen LogP) is 6.96. The number of nitrogens with zero attached hydrogens (tertiary/aromatic N) is 6. The Kier molecular flexibility index (Phi) is 18.9. The van der Waals surface area contributed by atoms with E-state index in [4.69, 9.17) is 35.6 Å². The van der Waals surface area contributed by atoms with E-state index in [2.05, 4.69) is 26.8 Å². The van der Waals surface area contributed by atoms with Crippen molar-refractivity contribution in [1.82, 2.24) is 19.6 Å². The lowest BCUT2D eigenvalue weighted by Crippen LogP contribution is -2.41. The van der Waals surface area contributed by atoms with Gasteiger partial charge in [0.25, 0.3) is 0 Å². The fraction of sp³-hybridized carbons (Fsp3) is 0.667. The summed E-state index contributed by atoms with van der Waals surface area (Å²) in [6.07, 6.45) is 18.5. The van der Waals surface area contributed by atoms with Crippen LogP contribution in [0.1, 0.15) is 115 Å². The van der Waals surface area contributed by atoms with Crippen molar-refractivity contribution in [2.75, 3.05) is 32.2 Å². The molecule has 3 aromatic heterocycles. The molecule has 0 aromatic carbocycles. The molecule has 4 heterocycles. The van der Waals surface area contributed by atoms with Gasteiger partial charge >= 0.3 is 13.8 Å². The van der Waals surface area contributed by atoms with E-state index in [1.54, 1.807) is 12.1 Å². The fourth-order valence-corrected chi connectivity index (χ4v) is 7.49. The number of phosphoric ester groups is 1. The maximum atomic E-state index is 13.0. The van der Waals surface area contributed by atoms with Crippen molar-refractivity contribution in [2.24, 2.45) is 0 Å². The van der Waals surface area contributed by atoms with Crippen molar-refractivity contribution in [3.05, 3.63) is 53.9 Å². The van der Waals surface area contributed by atoms with Crippen molar-refractivity contribution in [2.45, 2.75) is 140 Å². The average molecular weight is 800 g/mol. The normalized spacial score (nSPS) is 21.1. The summed E-state index contributed by atoms with van der Waals surface area (Å²) in [7, 11) is -4.79. The Balaban J connectivity index is 1.18. The van der Waals surface area contributed by atoms with Crippen LogP contribution in [0, 0.1) is 17.9 Å². The van der Waals surface area contributed by atoms with Crippen LogP contribution in [0.25, 0.3) is 10.4 Å². The summed E-state index contributed by atoms with van der Waals surface area (Å²) in [5.41, 5.74) is 4.85. The first kappa shape index (κ1) is 45.0. The van der Waals surface area contributed by atoms with Crippen molar-refractivity contribution >= 4 is 25.0 Å². The van der Waals surface area contributed by atoms with Gasteiger partial charge in [0.1, 0.15) is 42.9 Å². The molecular formula is C39H58N7O9P. The number of ether oxygens (including phenoxy) is 3. The van der Waals surface area contributed by atoms with Gasteiger partial charge in [0.15, 0.2) is 5.75 Å². The molecule has 1 saturated heterocycles. The number of unbranched alkanes of at least 4 members (excludes halogenated alkanes) is 15. The Morgan fingerprint density at radius 2 is 1.57 bits per heavy atom. The van der Waals surface area contributed by atoms with Crippen molar-refractivity contribution in [1.29, 1.82) is 5.26 Å². The second-order valence-electron chi connectivity index (χ2n) is 14.3. The number of nitriles is 1. The molecule has 17 heteroatoms. The summed E-state index contributed by atoms with van der Waals surface area (Å²) in [4.78, 5) is 21.5. The molecule has 56 heavy (non-hydrogen) atoms. The number of rotatable bonds is 28. The lowest BCUT2D eigenvalue weighted by atomic mass is 9.92. The van der Waals surface area contributed by atoms with Crippen molar-refractivity contribution in [3.63, 3.8) is 0 Å². The highest BCUT2D eigenvalue weighted by atomic mass is 31.2. The van der Waals surface area contributed by atoms with Crippen LogP contribution < -0.4 is 10.5 Å². The Hall–Kier alpha value is -3.70. The summed E-state index contributed by atoms with van der Waals surface area (Å²) < 4.78 is 42.2. The Morgan fingerprint density at radius 3 is 2.16 bits per heavy atom. The highest BCUT2D eigenvalue weighted by Crippen LogP contribution is 2.46. The maximum absolute atomic E-state index is 13.0. The van der Waals surface area contributed by atoms with Gasteiger partial charge in [-0.05, 0) is 24.6 Å². The van der Waals surface area contributed by atoms with E-state index in [0.717, 1.165) is 19.3 Å². The molecule has 0 amide bonds. The molecule has 1 aliphatic rings. The average Bonchev–Trinajstić information content (AvgIpc) is 3.75. The van der Waals surface area contributed by atoms with Crippen LogP contribution in [0.2, 0.25) is 0 Å². The molecular weight excluding hydrogens is 741 g/mol. The van der Waals surface area contributed by atoms with Gasteiger partial charge in [-0.25, -0.2) is 9.08 Å². The third-order valence-electron chi connectivity index (χ3n) is 9.88. The summed E-state index contributed by atoms with van der Waals surface area (Å²) in [6.45, 7) is 8.63. The van der Waals surface area contributed by atoms with Crippen LogP contribution in [0.3, 0.4) is 0 Å². The summed E-state index contributed by atoms with van der Waals surface area (Å²) in [6, 6.07) is 6.57. The van der Waals surface area contributed by atoms with Crippen LogP contribution >= 0.6 is 7.82 Å².